The van der Waals surface area contributed by atoms with Crippen LogP contribution in [0.1, 0.15) is 27.8 Å². The number of rotatable bonds is 10. The zero-order valence-corrected chi connectivity index (χ0v) is 69.3. The third-order valence-electron chi connectivity index (χ3n) is 13.8. The Hall–Kier alpha value is -7.67. The third kappa shape index (κ3) is 22.4. The predicted octanol–water partition coefficient (Wildman–Crippen LogP) is 14.7. The van der Waals surface area contributed by atoms with E-state index < -0.39 is 0 Å². The maximum Gasteiger partial charge on any atom is 0.240 e. The van der Waals surface area contributed by atoms with Crippen molar-refractivity contribution in [2.24, 2.45) is 19.1 Å². The van der Waals surface area contributed by atoms with E-state index in [9.17, 15) is 4.79 Å². The number of aryl methyl sites for hydroxylation is 7. The number of hydrogen-bond acceptors (Lipinski definition) is 15. The van der Waals surface area contributed by atoms with Crippen LogP contribution < -0.4 is 9.80 Å². The standard InChI is InChI=1S/C18H17N2.C17H15N2.C14H9N3OS.C9H8N3.C7H5N4.C7H6N3S.6Ir/c1-13-11-14(2)17(15(3)12-13)20-10-9-19-18(20)16-7-5-4-6-8-16;1-13-7-6-8-14(2)16(13)19-12-11-18-17(19)15-9-4-3-5-10-15;18-10-15-12-1-3-13(4-2-12)16-6-7-17(11-16)14-5-8-19-9-14;1-12-6-5-11-9(12)8-3-2-4-10-7-8;1-3-10-11(5-1)7-2-4-8-6-9-7;1-10-3-2-8-7(10)6-4-9-11-5-6;;;;;;/h4-7,9-12H,1-3H3;3-9,11-12H,1-2H3;1-4,6-9,11H;2,4-7H,1H3;1,3-6H;2-3,5H,1H3;;;;;;/q2*-1;-2;3*-1;;;;;;. The molecule has 18 nitrogen and oxygen atoms in total. The molecule has 9 aromatic heterocycles. The molecular formula is C72H60Ir6N17OS2-7. The van der Waals surface area contributed by atoms with E-state index in [-0.39, 0.29) is 121 Å². The van der Waals surface area contributed by atoms with E-state index in [0.717, 1.165) is 56.9 Å². The minimum Gasteiger partial charge on any atom is -0.509 e. The van der Waals surface area contributed by atoms with Crippen molar-refractivity contribution in [1.82, 2.24) is 67.3 Å². The molecule has 5 aromatic carbocycles. The zero-order valence-electron chi connectivity index (χ0n) is 53.3. The topological polar surface area (TPSA) is 177 Å². The first kappa shape index (κ1) is 82.7. The van der Waals surface area contributed by atoms with Gasteiger partial charge in [0.2, 0.25) is 6.08 Å². The molecule has 1 aliphatic rings. The molecule has 98 heavy (non-hydrogen) atoms. The third-order valence-corrected chi connectivity index (χ3v) is 14.9. The number of benzene rings is 5. The number of aliphatic imine (C=N–C) groups is 1. The Morgan fingerprint density at radius 1 is 0.520 bits per heavy atom. The molecule has 6 radical (unpaired) electrons. The summed E-state index contributed by atoms with van der Waals surface area (Å²) >= 11 is 3.00. The van der Waals surface area contributed by atoms with Gasteiger partial charge in [-0.15, -0.1) is 125 Å². The van der Waals surface area contributed by atoms with Crippen LogP contribution in [-0.2, 0) is 140 Å². The number of nitrogens with zero attached hydrogens (tertiary/aromatic N) is 17. The number of isocyanates is 1. The molecule has 0 unspecified atom stereocenters. The summed E-state index contributed by atoms with van der Waals surface area (Å²) in [5.74, 6) is 4.32. The Morgan fingerprint density at radius 2 is 1.10 bits per heavy atom. The van der Waals surface area contributed by atoms with E-state index in [2.05, 4.69) is 160 Å². The number of para-hydroxylation sites is 1. The van der Waals surface area contributed by atoms with Gasteiger partial charge in [0, 0.05) is 213 Å². The number of thiophene rings is 1. The van der Waals surface area contributed by atoms with Crippen molar-refractivity contribution in [3.63, 3.8) is 0 Å². The van der Waals surface area contributed by atoms with Crippen LogP contribution in [0.3, 0.4) is 0 Å². The van der Waals surface area contributed by atoms with Crippen LogP contribution in [0.5, 0.6) is 0 Å². The molecule has 26 heteroatoms. The summed E-state index contributed by atoms with van der Waals surface area (Å²) in [5.41, 5.74) is 15.2. The van der Waals surface area contributed by atoms with E-state index >= 15 is 0 Å². The summed E-state index contributed by atoms with van der Waals surface area (Å²) in [6, 6.07) is 53.1. The van der Waals surface area contributed by atoms with E-state index in [0.29, 0.717) is 11.5 Å². The van der Waals surface area contributed by atoms with Gasteiger partial charge in [-0.2, -0.15) is 15.8 Å². The zero-order chi connectivity index (χ0) is 64.0. The number of hydrogen-bond donors (Lipinski definition) is 0. The second-order valence-electron chi connectivity index (χ2n) is 20.3. The summed E-state index contributed by atoms with van der Waals surface area (Å²) in [7, 11) is 3.90. The van der Waals surface area contributed by atoms with Gasteiger partial charge >= 0.3 is 0 Å². The van der Waals surface area contributed by atoms with Crippen LogP contribution in [0.4, 0.5) is 17.1 Å². The largest absolute Gasteiger partial charge is 0.509 e. The number of aromatic nitrogens is 14. The van der Waals surface area contributed by atoms with Gasteiger partial charge in [-0.1, -0.05) is 65.4 Å². The van der Waals surface area contributed by atoms with Crippen molar-refractivity contribution >= 4 is 46.0 Å². The van der Waals surface area contributed by atoms with Gasteiger partial charge in [-0.3, -0.25) is 45.3 Å². The van der Waals surface area contributed by atoms with Crippen molar-refractivity contribution in [3.05, 3.63) is 302 Å². The van der Waals surface area contributed by atoms with E-state index in [1.54, 1.807) is 77.6 Å². The van der Waals surface area contributed by atoms with Gasteiger partial charge in [0.15, 0.2) is 0 Å². The monoisotopic (exact) mass is 2400 g/mol. The summed E-state index contributed by atoms with van der Waals surface area (Å²) in [6.07, 6.45) is 33.3. The SMILES string of the molecule is Cc1cc(C)c(-n2ccnc2-c2[c-]cccc2)c(C)c1.Cc1cccc(C)c1-n1ccnc1-c1[c-]cccc1.Cn1ccnc1-c1[c-]ccnc1.Cn1ccnc1-c1[c-]nsc1.O=C=Nc1ccc(N2C=CN(c3[c-]csc3)[CH-]2)cc1.[Ir].[Ir].[Ir].[Ir].[Ir].[Ir].[c-]1cncnc1-n1cccn1. The average Bonchev–Trinajstić information content (AvgIpc) is 1.50. The molecule has 512 valence electrons. The summed E-state index contributed by atoms with van der Waals surface area (Å²) in [5, 5.41) is 9.87. The van der Waals surface area contributed by atoms with Gasteiger partial charge in [-0.05, 0) is 112 Å². The molecule has 0 N–H and O–H groups in total. The molecular weight excluding hydrogens is 2340 g/mol. The van der Waals surface area contributed by atoms with Crippen molar-refractivity contribution in [2.45, 2.75) is 34.6 Å². The molecule has 14 aromatic rings. The summed E-state index contributed by atoms with van der Waals surface area (Å²) < 4.78 is 13.7. The number of carbonyl (C=O) groups excluding carboxylic acids is 1. The van der Waals surface area contributed by atoms with Gasteiger partial charge in [0.25, 0.3) is 0 Å². The Morgan fingerprint density at radius 3 is 1.59 bits per heavy atom. The molecule has 0 amide bonds. The fourth-order valence-electron chi connectivity index (χ4n) is 9.69. The van der Waals surface area contributed by atoms with Crippen LogP contribution in [-0.4, -0.2) is 73.4 Å². The molecule has 0 saturated heterocycles. The van der Waals surface area contributed by atoms with E-state index in [4.69, 9.17) is 0 Å². The average molecular weight is 2400 g/mol. The van der Waals surface area contributed by atoms with Crippen LogP contribution >= 0.6 is 22.9 Å². The molecule has 1 aliphatic heterocycles. The fourth-order valence-corrected chi connectivity index (χ4v) is 10.7. The smallest absolute Gasteiger partial charge is 0.240 e. The van der Waals surface area contributed by atoms with Crippen LogP contribution in [0.2, 0.25) is 0 Å². The molecule has 10 heterocycles. The second kappa shape index (κ2) is 42.3. The van der Waals surface area contributed by atoms with Crippen molar-refractivity contribution < 1.29 is 125 Å². The normalized spacial score (nSPS) is 10.4. The Labute approximate surface area is 659 Å². The minimum absolute atomic E-state index is 0. The van der Waals surface area contributed by atoms with Gasteiger partial charge in [0.05, 0.1) is 23.2 Å². The van der Waals surface area contributed by atoms with Gasteiger partial charge < -0.3 is 44.1 Å². The van der Waals surface area contributed by atoms with E-state index in [1.165, 1.54) is 63.1 Å². The minimum atomic E-state index is 0. The quantitative estimate of drug-likeness (QED) is 0.0720. The Kier molecular flexibility index (Phi) is 35.7. The second-order valence-corrected chi connectivity index (χ2v) is 21.7. The van der Waals surface area contributed by atoms with Crippen LogP contribution in [0.25, 0.3) is 62.7 Å². The number of pyridine rings is 1. The Bertz CT molecular complexity index is 4560. The van der Waals surface area contributed by atoms with Crippen LogP contribution in [0, 0.1) is 77.8 Å². The maximum absolute atomic E-state index is 10.2. The molecule has 0 fully saturated rings. The first-order valence-corrected chi connectivity index (χ1v) is 30.4. The maximum atomic E-state index is 10.2. The number of imidazole rings is 4. The van der Waals surface area contributed by atoms with Crippen molar-refractivity contribution in [1.29, 1.82) is 0 Å². The molecule has 15 rings (SSSR count). The fraction of sp³-hybridized carbons (Fsp3) is 0.0972. The van der Waals surface area contributed by atoms with Gasteiger partial charge in [0.1, 0.15) is 6.33 Å². The van der Waals surface area contributed by atoms with Crippen molar-refractivity contribution in [2.75, 3.05) is 9.80 Å². The van der Waals surface area contributed by atoms with E-state index in [1.807, 2.05) is 172 Å². The predicted molar refractivity (Wildman–Crippen MR) is 362 cm³/mol. The number of anilines is 2. The summed E-state index contributed by atoms with van der Waals surface area (Å²) in [4.78, 5) is 46.7. The first-order chi connectivity index (χ1) is 45.0. The molecule has 0 atom stereocenters. The summed E-state index contributed by atoms with van der Waals surface area (Å²) in [6.45, 7) is 12.6. The molecule has 0 spiro atoms. The van der Waals surface area contributed by atoms with Gasteiger partial charge in [-0.25, -0.2) is 10.9 Å². The molecule has 0 bridgehead atoms. The first-order valence-electron chi connectivity index (χ1n) is 28.7. The Balaban J connectivity index is 0.000000251. The van der Waals surface area contributed by atoms with Crippen LogP contribution in [0.15, 0.2) is 236 Å². The van der Waals surface area contributed by atoms with Crippen molar-refractivity contribution in [3.8, 4) is 62.7 Å². The molecule has 0 saturated carbocycles. The molecule has 0 aliphatic carbocycles.